The fraction of sp³-hybridized carbons (Fsp3) is 0.217. The molecule has 1 N–H and O–H groups in total. The van der Waals surface area contributed by atoms with Crippen molar-refractivity contribution in [3.8, 4) is 22.8 Å². The van der Waals surface area contributed by atoms with E-state index in [9.17, 15) is 9.90 Å². The number of hydrogen-bond acceptors (Lipinski definition) is 6. The molecule has 0 aliphatic rings. The van der Waals surface area contributed by atoms with Crippen molar-refractivity contribution in [3.63, 3.8) is 0 Å². The fourth-order valence-electron chi connectivity index (χ4n) is 2.74. The fourth-order valence-corrected chi connectivity index (χ4v) is 3.22. The Balaban J connectivity index is 1.53. The lowest BCUT2D eigenvalue weighted by atomic mass is 10.1. The first-order valence-electron chi connectivity index (χ1n) is 9.54. The van der Waals surface area contributed by atoms with Gasteiger partial charge in [0, 0.05) is 11.8 Å². The summed E-state index contributed by atoms with van der Waals surface area (Å²) in [6, 6.07) is 16.1. The van der Waals surface area contributed by atoms with Crippen LogP contribution in [0.5, 0.6) is 11.5 Å². The minimum absolute atomic E-state index is 0.0929. The molecule has 0 fully saturated rings. The van der Waals surface area contributed by atoms with Crippen molar-refractivity contribution in [1.29, 1.82) is 0 Å². The average molecular weight is 462 g/mol. The number of esters is 1. The molecule has 1 heterocycles. The Labute approximate surface area is 190 Å². The molecule has 0 saturated carbocycles. The van der Waals surface area contributed by atoms with E-state index >= 15 is 0 Å². The zero-order valence-corrected chi connectivity index (χ0v) is 18.3. The van der Waals surface area contributed by atoms with E-state index in [1.165, 1.54) is 25.3 Å². The van der Waals surface area contributed by atoms with Gasteiger partial charge in [0.15, 0.2) is 17.6 Å². The molecule has 8 heteroatoms. The van der Waals surface area contributed by atoms with Gasteiger partial charge in [-0.25, -0.2) is 4.79 Å². The summed E-state index contributed by atoms with van der Waals surface area (Å²) in [4.78, 5) is 16.4. The smallest absolute Gasteiger partial charge is 0.347 e. The van der Waals surface area contributed by atoms with Crippen molar-refractivity contribution in [2.75, 3.05) is 13.2 Å². The van der Waals surface area contributed by atoms with Crippen molar-refractivity contribution < 1.29 is 24.1 Å². The summed E-state index contributed by atoms with van der Waals surface area (Å²) in [7, 11) is 0. The lowest BCUT2D eigenvalue weighted by Crippen LogP contribution is -2.27. The molecule has 0 saturated heterocycles. The van der Waals surface area contributed by atoms with Gasteiger partial charge in [-0.05, 0) is 30.7 Å². The van der Waals surface area contributed by atoms with E-state index in [1.807, 2.05) is 30.3 Å². The topological polar surface area (TPSA) is 77.9 Å². The van der Waals surface area contributed by atoms with Gasteiger partial charge >= 0.3 is 5.97 Å². The third-order valence-electron chi connectivity index (χ3n) is 4.28. The van der Waals surface area contributed by atoms with Gasteiger partial charge in [-0.1, -0.05) is 59.6 Å². The van der Waals surface area contributed by atoms with Gasteiger partial charge in [-0.15, -0.1) is 0 Å². The second-order valence-electron chi connectivity index (χ2n) is 6.60. The number of phenolic OH excluding ortho intramolecular Hbond substituents is 1. The van der Waals surface area contributed by atoms with Crippen LogP contribution in [0, 0.1) is 0 Å². The van der Waals surface area contributed by atoms with Gasteiger partial charge in [0.25, 0.3) is 0 Å². The van der Waals surface area contributed by atoms with E-state index in [0.717, 1.165) is 5.56 Å². The van der Waals surface area contributed by atoms with Crippen LogP contribution in [0.15, 0.2) is 60.8 Å². The van der Waals surface area contributed by atoms with Gasteiger partial charge in [0.1, 0.15) is 6.61 Å². The number of ether oxygens (including phenoxy) is 3. The van der Waals surface area contributed by atoms with Crippen LogP contribution < -0.4 is 4.74 Å². The number of hydrogen-bond donors (Lipinski definition) is 1. The number of aromatic nitrogens is 1. The quantitative estimate of drug-likeness (QED) is 0.344. The minimum atomic E-state index is -0.941. The Morgan fingerprint density at radius 1 is 1.10 bits per heavy atom. The number of rotatable bonds is 9. The summed E-state index contributed by atoms with van der Waals surface area (Å²) >= 11 is 12.1. The van der Waals surface area contributed by atoms with Crippen LogP contribution in [-0.2, 0) is 20.9 Å². The van der Waals surface area contributed by atoms with Crippen molar-refractivity contribution in [3.05, 3.63) is 76.4 Å². The number of pyridine rings is 1. The second kappa shape index (κ2) is 11.0. The normalized spacial score (nSPS) is 11.7. The summed E-state index contributed by atoms with van der Waals surface area (Å²) in [5, 5.41) is 11.3. The summed E-state index contributed by atoms with van der Waals surface area (Å²) in [6.45, 7) is 2.32. The molecule has 0 amide bonds. The van der Waals surface area contributed by atoms with Crippen LogP contribution in [0.3, 0.4) is 0 Å². The van der Waals surface area contributed by atoms with E-state index < -0.39 is 12.1 Å². The van der Waals surface area contributed by atoms with Crippen LogP contribution >= 0.6 is 23.2 Å². The Bertz CT molecular complexity index is 1030. The number of halogens is 2. The highest BCUT2D eigenvalue weighted by Crippen LogP contribution is 2.39. The van der Waals surface area contributed by atoms with E-state index in [1.54, 1.807) is 12.1 Å². The molecular weight excluding hydrogens is 441 g/mol. The first-order valence-corrected chi connectivity index (χ1v) is 10.3. The van der Waals surface area contributed by atoms with Crippen LogP contribution in [0.25, 0.3) is 11.3 Å². The molecule has 0 aliphatic heterocycles. The molecule has 1 atom stereocenters. The zero-order valence-electron chi connectivity index (χ0n) is 16.8. The Morgan fingerprint density at radius 3 is 2.61 bits per heavy atom. The van der Waals surface area contributed by atoms with E-state index in [0.29, 0.717) is 22.9 Å². The first-order chi connectivity index (χ1) is 15.0. The van der Waals surface area contributed by atoms with Crippen LogP contribution in [-0.4, -0.2) is 35.4 Å². The predicted molar refractivity (Wildman–Crippen MR) is 119 cm³/mol. The molecule has 2 aromatic carbocycles. The van der Waals surface area contributed by atoms with Gasteiger partial charge < -0.3 is 19.3 Å². The summed E-state index contributed by atoms with van der Waals surface area (Å²) < 4.78 is 16.3. The maximum Gasteiger partial charge on any atom is 0.347 e. The lowest BCUT2D eigenvalue weighted by Gasteiger charge is -2.16. The van der Waals surface area contributed by atoms with Gasteiger partial charge in [0.05, 0.1) is 29.0 Å². The number of carbonyl (C=O) groups excluding carboxylic acids is 1. The van der Waals surface area contributed by atoms with Crippen molar-refractivity contribution >= 4 is 29.2 Å². The van der Waals surface area contributed by atoms with Crippen LogP contribution in [0.2, 0.25) is 10.0 Å². The summed E-state index contributed by atoms with van der Waals surface area (Å²) in [5.74, 6) is -0.657. The molecule has 6 nitrogen and oxygen atoms in total. The molecule has 31 heavy (non-hydrogen) atoms. The highest BCUT2D eigenvalue weighted by Gasteiger charge is 2.20. The number of aromatic hydroxyl groups is 1. The highest BCUT2D eigenvalue weighted by atomic mass is 35.5. The molecule has 3 rings (SSSR count). The molecule has 3 aromatic rings. The van der Waals surface area contributed by atoms with Crippen molar-refractivity contribution in [2.24, 2.45) is 0 Å². The number of nitrogens with zero attached hydrogens (tertiary/aromatic N) is 1. The van der Waals surface area contributed by atoms with Gasteiger partial charge in [-0.2, -0.15) is 0 Å². The van der Waals surface area contributed by atoms with Gasteiger partial charge in [0.2, 0.25) is 0 Å². The highest BCUT2D eigenvalue weighted by molar-refractivity contribution is 6.36. The van der Waals surface area contributed by atoms with Crippen LogP contribution in [0.4, 0.5) is 0 Å². The standard InChI is InChI=1S/C23H21Cl2NO5/c1-15(23(28)30-11-10-29-14-16-6-3-2-4-7-16)31-20-9-5-8-18(22(20)27)21-19(25)12-17(24)13-26-21/h2-9,12-13,15,27H,10-11,14H2,1H3. The third kappa shape index (κ3) is 6.34. The third-order valence-corrected chi connectivity index (χ3v) is 4.78. The Hall–Kier alpha value is -2.80. The summed E-state index contributed by atoms with van der Waals surface area (Å²) in [6.07, 6.45) is 0.485. The predicted octanol–water partition coefficient (Wildman–Crippen LogP) is 5.29. The lowest BCUT2D eigenvalue weighted by molar-refractivity contribution is -0.152. The summed E-state index contributed by atoms with van der Waals surface area (Å²) in [5.41, 5.74) is 1.74. The molecule has 0 aliphatic carbocycles. The maximum atomic E-state index is 12.2. The largest absolute Gasteiger partial charge is 0.504 e. The molecule has 0 spiro atoms. The first kappa shape index (κ1) is 22.9. The van der Waals surface area contributed by atoms with Crippen molar-refractivity contribution in [2.45, 2.75) is 19.6 Å². The number of carbonyl (C=O) groups is 1. The molecular formula is C23H21Cl2NO5. The van der Waals surface area contributed by atoms with E-state index in [4.69, 9.17) is 37.4 Å². The molecule has 1 aromatic heterocycles. The second-order valence-corrected chi connectivity index (χ2v) is 7.45. The molecule has 162 valence electrons. The Kier molecular flexibility index (Phi) is 8.12. The zero-order chi connectivity index (χ0) is 22.2. The molecule has 0 radical (unpaired) electrons. The molecule has 1 unspecified atom stereocenters. The average Bonchev–Trinajstić information content (AvgIpc) is 2.76. The number of para-hydroxylation sites is 1. The SMILES string of the molecule is CC(Oc1cccc(-c2ncc(Cl)cc2Cl)c1O)C(=O)OCCOCc1ccccc1. The van der Waals surface area contributed by atoms with E-state index in [-0.39, 0.29) is 29.7 Å². The van der Waals surface area contributed by atoms with E-state index in [2.05, 4.69) is 4.98 Å². The monoisotopic (exact) mass is 461 g/mol. The minimum Gasteiger partial charge on any atom is -0.504 e. The number of phenols is 1. The van der Waals surface area contributed by atoms with Crippen molar-refractivity contribution in [1.82, 2.24) is 4.98 Å². The van der Waals surface area contributed by atoms with Gasteiger partial charge in [-0.3, -0.25) is 4.98 Å². The number of benzene rings is 2. The molecule has 0 bridgehead atoms. The van der Waals surface area contributed by atoms with Crippen LogP contribution in [0.1, 0.15) is 12.5 Å². The Morgan fingerprint density at radius 2 is 1.87 bits per heavy atom. The maximum absolute atomic E-state index is 12.2.